The second-order valence-corrected chi connectivity index (χ2v) is 20.7. The Morgan fingerprint density at radius 2 is 0.829 bits per heavy atom. The van der Waals surface area contributed by atoms with Crippen LogP contribution in [0.3, 0.4) is 0 Å². The predicted molar refractivity (Wildman–Crippen MR) is 271 cm³/mol. The van der Waals surface area contributed by atoms with E-state index in [9.17, 15) is 55.9 Å². The van der Waals surface area contributed by atoms with E-state index in [0.717, 1.165) is 51.4 Å². The van der Waals surface area contributed by atoms with Gasteiger partial charge in [0, 0.05) is 0 Å². The fourth-order valence-corrected chi connectivity index (χ4v) is 9.73. The molecular formula is C54H105NO15. The number of hydrogen-bond acceptors (Lipinski definition) is 15. The fourth-order valence-electron chi connectivity index (χ4n) is 9.73. The first kappa shape index (κ1) is 65.0. The summed E-state index contributed by atoms with van der Waals surface area (Å²) in [7, 11) is 0. The van der Waals surface area contributed by atoms with Gasteiger partial charge in [0.25, 0.3) is 0 Å². The van der Waals surface area contributed by atoms with Crippen LogP contribution in [0.2, 0.25) is 0 Å². The molecular weight excluding hydrogens is 903 g/mol. The van der Waals surface area contributed by atoms with E-state index in [-0.39, 0.29) is 12.8 Å². The van der Waals surface area contributed by atoms with Crippen LogP contribution in [-0.4, -0.2) is 163 Å². The number of nitrogens with one attached hydrogen (secondary N) is 1. The summed E-state index contributed by atoms with van der Waals surface area (Å²) in [6.07, 6.45) is 17.7. The van der Waals surface area contributed by atoms with Crippen LogP contribution in [0.1, 0.15) is 232 Å². The van der Waals surface area contributed by atoms with Crippen molar-refractivity contribution in [2.45, 2.75) is 318 Å². The van der Waals surface area contributed by atoms with Crippen LogP contribution in [0.25, 0.3) is 0 Å². The number of carbonyl (C=O) groups is 1. The number of aliphatic hydroxyl groups is 10. The summed E-state index contributed by atoms with van der Waals surface area (Å²) in [5.74, 6) is -0.773. The van der Waals surface area contributed by atoms with Crippen LogP contribution < -0.4 is 5.32 Å². The van der Waals surface area contributed by atoms with Gasteiger partial charge in [-0.1, -0.05) is 219 Å². The van der Waals surface area contributed by atoms with E-state index in [1.807, 2.05) is 0 Å². The van der Waals surface area contributed by atoms with Crippen molar-refractivity contribution in [1.82, 2.24) is 5.32 Å². The Kier molecular flexibility index (Phi) is 38.3. The van der Waals surface area contributed by atoms with Crippen molar-refractivity contribution >= 4 is 5.91 Å². The predicted octanol–water partition coefficient (Wildman–Crippen LogP) is 6.50. The molecule has 2 fully saturated rings. The second kappa shape index (κ2) is 41.2. The van der Waals surface area contributed by atoms with Crippen LogP contribution in [0, 0.1) is 0 Å². The Balaban J connectivity index is 1.90. The standard InChI is InChI=1S/C54H105NO15/c1-3-5-7-9-11-13-15-17-18-19-20-21-22-24-26-28-30-32-34-36-42(59)52(66)55-40(45(60)41(58)35-33-31-29-27-25-23-16-14-12-10-8-6-4-2)39-67-54-51(49(64)47(62)44(38-57)69-54)70-53-50(65)48(63)46(61)43(37-56)68-53/h40-51,53-54,56-65H,3-39H2,1-2H3,(H,55,66)/t40-,41+,42+,43+,44+,45-,46+,47-,48-,49-,50+,51+,53+,54-/m0/s1. The number of amides is 1. The molecule has 70 heavy (non-hydrogen) atoms. The number of aliphatic hydroxyl groups excluding tert-OH is 10. The van der Waals surface area contributed by atoms with Crippen LogP contribution in [0.5, 0.6) is 0 Å². The Bertz CT molecular complexity index is 1220. The molecule has 0 aliphatic carbocycles. The Hall–Kier alpha value is -1.09. The zero-order valence-corrected chi connectivity index (χ0v) is 43.8. The van der Waals surface area contributed by atoms with Crippen molar-refractivity contribution in [3.05, 3.63) is 0 Å². The number of ether oxygens (including phenoxy) is 4. The average molecular weight is 1010 g/mol. The van der Waals surface area contributed by atoms with Crippen molar-refractivity contribution in [2.75, 3.05) is 19.8 Å². The number of carbonyl (C=O) groups excluding carboxylic acids is 1. The van der Waals surface area contributed by atoms with Gasteiger partial charge in [0.05, 0.1) is 32.0 Å². The third-order valence-corrected chi connectivity index (χ3v) is 14.5. The molecule has 0 unspecified atom stereocenters. The van der Waals surface area contributed by atoms with Crippen molar-refractivity contribution < 1.29 is 74.8 Å². The molecule has 0 saturated carbocycles. The minimum atomic E-state index is -1.87. The van der Waals surface area contributed by atoms with Gasteiger partial charge in [-0.25, -0.2) is 0 Å². The summed E-state index contributed by atoms with van der Waals surface area (Å²) < 4.78 is 22.9. The smallest absolute Gasteiger partial charge is 0.249 e. The molecule has 1 amide bonds. The molecule has 416 valence electrons. The molecule has 2 heterocycles. The van der Waals surface area contributed by atoms with Crippen molar-refractivity contribution in [2.24, 2.45) is 0 Å². The highest BCUT2D eigenvalue weighted by Gasteiger charge is 2.51. The van der Waals surface area contributed by atoms with Gasteiger partial charge in [0.2, 0.25) is 5.91 Å². The van der Waals surface area contributed by atoms with Crippen molar-refractivity contribution in [3.8, 4) is 0 Å². The largest absolute Gasteiger partial charge is 0.394 e. The van der Waals surface area contributed by atoms with E-state index in [1.54, 1.807) is 0 Å². The van der Waals surface area contributed by atoms with Gasteiger partial charge in [-0.05, 0) is 12.8 Å². The summed E-state index contributed by atoms with van der Waals surface area (Å²) in [5.41, 5.74) is 0. The zero-order chi connectivity index (χ0) is 51.4. The summed E-state index contributed by atoms with van der Waals surface area (Å²) in [6.45, 7) is 2.42. The normalized spacial score (nSPS) is 26.8. The second-order valence-electron chi connectivity index (χ2n) is 20.7. The van der Waals surface area contributed by atoms with Crippen molar-refractivity contribution in [1.29, 1.82) is 0 Å². The van der Waals surface area contributed by atoms with Gasteiger partial charge in [-0.2, -0.15) is 0 Å². The number of unbranched alkanes of at least 4 members (excludes halogenated alkanes) is 30. The number of rotatable bonds is 45. The highest BCUT2D eigenvalue weighted by atomic mass is 16.8. The Labute approximate surface area is 422 Å². The van der Waals surface area contributed by atoms with Crippen molar-refractivity contribution in [3.63, 3.8) is 0 Å². The van der Waals surface area contributed by atoms with Crippen LogP contribution in [-0.2, 0) is 23.7 Å². The topological polar surface area (TPSA) is 268 Å². The highest BCUT2D eigenvalue weighted by molar-refractivity contribution is 5.80. The molecule has 2 saturated heterocycles. The molecule has 0 aromatic carbocycles. The monoisotopic (exact) mass is 1010 g/mol. The van der Waals surface area contributed by atoms with Gasteiger partial charge in [-0.15, -0.1) is 0 Å². The molecule has 0 aromatic rings. The minimum Gasteiger partial charge on any atom is -0.394 e. The third kappa shape index (κ3) is 26.9. The quantitative estimate of drug-likeness (QED) is 0.0291. The molecule has 0 aromatic heterocycles. The minimum absolute atomic E-state index is 0.193. The molecule has 11 N–H and O–H groups in total. The highest BCUT2D eigenvalue weighted by Crippen LogP contribution is 2.30. The lowest BCUT2D eigenvalue weighted by atomic mass is 9.97. The van der Waals surface area contributed by atoms with Gasteiger partial charge in [0.15, 0.2) is 12.6 Å². The van der Waals surface area contributed by atoms with Crippen LogP contribution >= 0.6 is 0 Å². The first-order chi connectivity index (χ1) is 33.9. The van der Waals surface area contributed by atoms with E-state index >= 15 is 0 Å². The molecule has 0 bridgehead atoms. The maximum absolute atomic E-state index is 13.4. The summed E-state index contributed by atoms with van der Waals surface area (Å²) >= 11 is 0. The average Bonchev–Trinajstić information content (AvgIpc) is 3.36. The van der Waals surface area contributed by atoms with Crippen LogP contribution in [0.15, 0.2) is 0 Å². The maximum Gasteiger partial charge on any atom is 0.249 e. The first-order valence-electron chi connectivity index (χ1n) is 28.5. The van der Waals surface area contributed by atoms with E-state index < -0.39 is 111 Å². The molecule has 0 spiro atoms. The molecule has 2 aliphatic rings. The van der Waals surface area contributed by atoms with E-state index in [2.05, 4.69) is 19.2 Å². The van der Waals surface area contributed by atoms with E-state index in [4.69, 9.17) is 18.9 Å². The van der Waals surface area contributed by atoms with Gasteiger partial charge < -0.3 is 75.3 Å². The zero-order valence-electron chi connectivity index (χ0n) is 43.8. The lowest BCUT2D eigenvalue weighted by molar-refractivity contribution is -0.368. The van der Waals surface area contributed by atoms with Crippen LogP contribution in [0.4, 0.5) is 0 Å². The first-order valence-corrected chi connectivity index (χ1v) is 28.5. The summed E-state index contributed by atoms with van der Waals surface area (Å²) in [4.78, 5) is 13.4. The molecule has 2 aliphatic heterocycles. The lowest BCUT2D eigenvalue weighted by Crippen LogP contribution is -2.65. The third-order valence-electron chi connectivity index (χ3n) is 14.5. The maximum atomic E-state index is 13.4. The van der Waals surface area contributed by atoms with Gasteiger partial charge in [-0.3, -0.25) is 4.79 Å². The van der Waals surface area contributed by atoms with Gasteiger partial charge >= 0.3 is 0 Å². The molecule has 16 heteroatoms. The molecule has 14 atom stereocenters. The SMILES string of the molecule is CCCCCCCCCCCCCCCCCCCCC[C@@H](O)C(=O)N[C@@H](CO[C@H]1O[C@H](CO)[C@H](O)[C@H](O)[C@H]1O[C@H]1O[C@H](CO)[C@@H](O)[C@H](O)[C@H]1O)[C@H](O)[C@H](O)CCCCCCCCCCCCCCC. The summed E-state index contributed by atoms with van der Waals surface area (Å²) in [5, 5.41) is 109. The Morgan fingerprint density at radius 1 is 0.471 bits per heavy atom. The lowest BCUT2D eigenvalue weighted by Gasteiger charge is -2.46. The fraction of sp³-hybridized carbons (Fsp3) is 0.981. The molecule has 0 radical (unpaired) electrons. The van der Waals surface area contributed by atoms with E-state index in [1.165, 1.54) is 141 Å². The summed E-state index contributed by atoms with van der Waals surface area (Å²) in [6, 6.07) is -1.31. The molecule has 16 nitrogen and oxygen atoms in total. The Morgan fingerprint density at radius 3 is 1.23 bits per heavy atom. The van der Waals surface area contributed by atoms with Gasteiger partial charge in [0.1, 0.15) is 61.0 Å². The number of hydrogen-bond donors (Lipinski definition) is 11. The van der Waals surface area contributed by atoms with E-state index in [0.29, 0.717) is 12.8 Å². The molecule has 2 rings (SSSR count).